The zero-order valence-electron chi connectivity index (χ0n) is 9.13. The van der Waals surface area contributed by atoms with Gasteiger partial charge in [0.05, 0.1) is 21.0 Å². The highest BCUT2D eigenvalue weighted by Gasteiger charge is 2.28. The fraction of sp³-hybridized carbons (Fsp3) is 0.636. The summed E-state index contributed by atoms with van der Waals surface area (Å²) in [4.78, 5) is 1.26. The van der Waals surface area contributed by atoms with Gasteiger partial charge in [-0.3, -0.25) is 0 Å². The summed E-state index contributed by atoms with van der Waals surface area (Å²) in [6.07, 6.45) is 2.58. The lowest BCUT2D eigenvalue weighted by atomic mass is 10.1. The minimum absolute atomic E-state index is 0.279. The predicted octanol–water partition coefficient (Wildman–Crippen LogP) is 3.99. The van der Waals surface area contributed by atoms with E-state index in [2.05, 4.69) is 28.2 Å². The molecule has 2 unspecified atom stereocenters. The average molecular weight is 325 g/mol. The topological polar surface area (TPSA) is 21.3 Å². The molecule has 2 atom stereocenters. The van der Waals surface area contributed by atoms with E-state index in [9.17, 15) is 0 Å². The summed E-state index contributed by atoms with van der Waals surface area (Å²) in [5.74, 6) is 0. The van der Waals surface area contributed by atoms with Crippen LogP contribution in [0, 0.1) is 0 Å². The Morgan fingerprint density at radius 2 is 2.56 bits per heavy atom. The molecule has 16 heavy (non-hydrogen) atoms. The molecule has 0 amide bonds. The molecule has 1 aromatic heterocycles. The summed E-state index contributed by atoms with van der Waals surface area (Å²) in [6, 6.07) is 2.31. The van der Waals surface area contributed by atoms with Gasteiger partial charge in [-0.15, -0.1) is 11.3 Å². The number of ether oxygens (including phenoxy) is 1. The van der Waals surface area contributed by atoms with E-state index in [1.54, 1.807) is 11.3 Å². The van der Waals surface area contributed by atoms with Crippen LogP contribution >= 0.6 is 38.9 Å². The highest BCUT2D eigenvalue weighted by atomic mass is 79.9. The van der Waals surface area contributed by atoms with Gasteiger partial charge >= 0.3 is 0 Å². The summed E-state index contributed by atoms with van der Waals surface area (Å²) >= 11 is 11.2. The van der Waals surface area contributed by atoms with Crippen LogP contribution in [0.4, 0.5) is 0 Å². The van der Waals surface area contributed by atoms with Crippen molar-refractivity contribution in [2.45, 2.75) is 31.9 Å². The van der Waals surface area contributed by atoms with Crippen LogP contribution in [0.25, 0.3) is 0 Å². The Balaban J connectivity index is 2.17. The zero-order valence-corrected chi connectivity index (χ0v) is 12.3. The third-order valence-electron chi connectivity index (χ3n) is 2.73. The van der Waals surface area contributed by atoms with Crippen molar-refractivity contribution >= 4 is 38.9 Å². The lowest BCUT2D eigenvalue weighted by molar-refractivity contribution is 0.0798. The number of hydrogen-bond acceptors (Lipinski definition) is 3. The van der Waals surface area contributed by atoms with Crippen molar-refractivity contribution in [3.8, 4) is 0 Å². The molecule has 0 saturated carbocycles. The van der Waals surface area contributed by atoms with Crippen LogP contribution in [0.2, 0.25) is 5.02 Å². The number of hydrogen-bond donors (Lipinski definition) is 1. The smallest absolute Gasteiger partial charge is 0.0888 e. The predicted molar refractivity (Wildman–Crippen MR) is 72.4 cm³/mol. The Morgan fingerprint density at radius 3 is 3.06 bits per heavy atom. The number of likely N-dealkylation sites (N-methyl/N-ethyl adjacent to an activating group) is 1. The molecule has 2 rings (SSSR count). The normalized spacial score (nSPS) is 22.6. The molecule has 1 saturated heterocycles. The van der Waals surface area contributed by atoms with Crippen molar-refractivity contribution in [2.24, 2.45) is 0 Å². The number of halogens is 2. The van der Waals surface area contributed by atoms with Crippen molar-refractivity contribution in [1.82, 2.24) is 5.32 Å². The third kappa shape index (κ3) is 2.79. The van der Waals surface area contributed by atoms with Crippen LogP contribution < -0.4 is 5.32 Å². The molecule has 1 aliphatic rings. The maximum Gasteiger partial charge on any atom is 0.0888 e. The van der Waals surface area contributed by atoms with Crippen molar-refractivity contribution in [3.05, 3.63) is 19.8 Å². The summed E-state index contributed by atoms with van der Waals surface area (Å²) in [6.45, 7) is 3.94. The molecule has 0 aliphatic carbocycles. The molecule has 2 heterocycles. The molecule has 0 bridgehead atoms. The van der Waals surface area contributed by atoms with Crippen molar-refractivity contribution in [3.63, 3.8) is 0 Å². The van der Waals surface area contributed by atoms with E-state index in [-0.39, 0.29) is 6.04 Å². The highest BCUT2D eigenvalue weighted by molar-refractivity contribution is 9.11. The lowest BCUT2D eigenvalue weighted by Crippen LogP contribution is -2.30. The van der Waals surface area contributed by atoms with E-state index >= 15 is 0 Å². The molecule has 90 valence electrons. The Morgan fingerprint density at radius 1 is 1.75 bits per heavy atom. The van der Waals surface area contributed by atoms with Crippen LogP contribution in [0.15, 0.2) is 9.85 Å². The van der Waals surface area contributed by atoms with E-state index in [0.29, 0.717) is 6.10 Å². The molecule has 1 aliphatic heterocycles. The first-order valence-electron chi connectivity index (χ1n) is 5.52. The Kier molecular flexibility index (Phi) is 4.67. The largest absolute Gasteiger partial charge is 0.376 e. The average Bonchev–Trinajstić information content (AvgIpc) is 2.86. The van der Waals surface area contributed by atoms with E-state index in [1.165, 1.54) is 4.88 Å². The van der Waals surface area contributed by atoms with Crippen molar-refractivity contribution in [1.29, 1.82) is 0 Å². The molecule has 2 nitrogen and oxygen atoms in total. The van der Waals surface area contributed by atoms with E-state index in [4.69, 9.17) is 16.3 Å². The molecule has 1 aromatic rings. The molecule has 0 radical (unpaired) electrons. The van der Waals surface area contributed by atoms with E-state index in [0.717, 1.165) is 34.8 Å². The van der Waals surface area contributed by atoms with Crippen LogP contribution in [0.5, 0.6) is 0 Å². The molecule has 1 fully saturated rings. The Hall–Kier alpha value is 0.390. The second-order valence-electron chi connectivity index (χ2n) is 3.86. The van der Waals surface area contributed by atoms with Gasteiger partial charge in [0.2, 0.25) is 0 Å². The van der Waals surface area contributed by atoms with Gasteiger partial charge < -0.3 is 10.1 Å². The SMILES string of the molecule is CCNC(c1cc(Cl)c(Br)s1)C1CCCO1. The Labute approximate surface area is 113 Å². The van der Waals surface area contributed by atoms with Crippen LogP contribution in [0.3, 0.4) is 0 Å². The minimum Gasteiger partial charge on any atom is -0.376 e. The van der Waals surface area contributed by atoms with Gasteiger partial charge in [-0.05, 0) is 41.4 Å². The first kappa shape index (κ1) is 12.8. The van der Waals surface area contributed by atoms with E-state index < -0.39 is 0 Å². The summed E-state index contributed by atoms with van der Waals surface area (Å²) in [5.41, 5.74) is 0. The van der Waals surface area contributed by atoms with E-state index in [1.807, 2.05) is 6.07 Å². The fourth-order valence-electron chi connectivity index (χ4n) is 2.02. The zero-order chi connectivity index (χ0) is 11.5. The third-order valence-corrected chi connectivity index (χ3v) is 5.29. The summed E-state index contributed by atoms with van der Waals surface area (Å²) in [7, 11) is 0. The highest BCUT2D eigenvalue weighted by Crippen LogP contribution is 2.38. The maximum absolute atomic E-state index is 6.08. The molecule has 5 heteroatoms. The monoisotopic (exact) mass is 323 g/mol. The van der Waals surface area contributed by atoms with Gasteiger partial charge in [0, 0.05) is 11.5 Å². The van der Waals surface area contributed by atoms with Crippen LogP contribution in [-0.4, -0.2) is 19.3 Å². The molecule has 1 N–H and O–H groups in total. The van der Waals surface area contributed by atoms with Gasteiger partial charge in [-0.2, -0.15) is 0 Å². The van der Waals surface area contributed by atoms with Gasteiger partial charge in [0.25, 0.3) is 0 Å². The van der Waals surface area contributed by atoms with Gasteiger partial charge in [-0.25, -0.2) is 0 Å². The van der Waals surface area contributed by atoms with Crippen molar-refractivity contribution in [2.75, 3.05) is 13.2 Å². The minimum atomic E-state index is 0.279. The van der Waals surface area contributed by atoms with Crippen LogP contribution in [-0.2, 0) is 4.74 Å². The second kappa shape index (κ2) is 5.83. The molecular weight excluding hydrogens is 310 g/mol. The summed E-state index contributed by atoms with van der Waals surface area (Å²) < 4.78 is 6.76. The van der Waals surface area contributed by atoms with Crippen molar-refractivity contribution < 1.29 is 4.74 Å². The molecule has 0 spiro atoms. The first-order chi connectivity index (χ1) is 7.72. The molecule has 0 aromatic carbocycles. The van der Waals surface area contributed by atoms with Crippen LogP contribution in [0.1, 0.15) is 30.7 Å². The standard InChI is InChI=1S/C11H15BrClNOS/c1-2-14-10(8-4-3-5-15-8)9-6-7(13)11(12)16-9/h6,8,10,14H,2-5H2,1H3. The quantitative estimate of drug-likeness (QED) is 0.904. The fourth-order valence-corrected chi connectivity index (χ4v) is 3.89. The lowest BCUT2D eigenvalue weighted by Gasteiger charge is -2.22. The maximum atomic E-state index is 6.08. The first-order valence-corrected chi connectivity index (χ1v) is 7.50. The number of rotatable bonds is 4. The number of nitrogens with one attached hydrogen (secondary N) is 1. The number of thiophene rings is 1. The molecular formula is C11H15BrClNOS. The van der Waals surface area contributed by atoms with Gasteiger partial charge in [0.15, 0.2) is 0 Å². The van der Waals surface area contributed by atoms with Gasteiger partial charge in [0.1, 0.15) is 0 Å². The summed E-state index contributed by atoms with van der Waals surface area (Å²) in [5, 5.41) is 4.28. The van der Waals surface area contributed by atoms with Gasteiger partial charge in [-0.1, -0.05) is 18.5 Å². The second-order valence-corrected chi connectivity index (χ2v) is 6.67. The Bertz CT molecular complexity index is 332.